The van der Waals surface area contributed by atoms with Gasteiger partial charge in [-0.3, -0.25) is 4.79 Å². The molecule has 0 radical (unpaired) electrons. The van der Waals surface area contributed by atoms with Crippen LogP contribution in [-0.2, 0) is 13.0 Å². The first-order chi connectivity index (χ1) is 19.8. The summed E-state index contributed by atoms with van der Waals surface area (Å²) in [6.45, 7) is 2.84. The van der Waals surface area contributed by atoms with E-state index in [9.17, 15) is 9.59 Å². The molecule has 3 aromatic rings. The molecule has 0 bridgehead atoms. The van der Waals surface area contributed by atoms with E-state index in [0.29, 0.717) is 55.3 Å². The third kappa shape index (κ3) is 7.14. The number of piperidine rings is 1. The first-order valence-corrected chi connectivity index (χ1v) is 14.4. The van der Waals surface area contributed by atoms with E-state index in [2.05, 4.69) is 30.9 Å². The van der Waals surface area contributed by atoms with Crippen molar-refractivity contribution in [1.82, 2.24) is 30.8 Å². The number of anilines is 2. The maximum atomic E-state index is 12.8. The van der Waals surface area contributed by atoms with E-state index in [0.717, 1.165) is 23.3 Å². The van der Waals surface area contributed by atoms with Crippen molar-refractivity contribution in [2.45, 2.75) is 31.4 Å². The number of urea groups is 1. The molecule has 2 aromatic carbocycles. The summed E-state index contributed by atoms with van der Waals surface area (Å²) in [5.41, 5.74) is 13.4. The first kappa shape index (κ1) is 28.4. The fourth-order valence-corrected chi connectivity index (χ4v) is 5.13. The number of rotatable bonds is 7. The van der Waals surface area contributed by atoms with Crippen molar-refractivity contribution < 1.29 is 14.3 Å². The van der Waals surface area contributed by atoms with Gasteiger partial charge in [0.2, 0.25) is 0 Å². The summed E-state index contributed by atoms with van der Waals surface area (Å²) in [6.07, 6.45) is 2.16. The number of amides is 3. The lowest BCUT2D eigenvalue weighted by molar-refractivity contribution is 0.0998. The fraction of sp³-hybridized carbons (Fsp3) is 0.321. The minimum absolute atomic E-state index is 0.0422. The monoisotopic (exact) mass is 669 g/mol. The first-order valence-electron chi connectivity index (χ1n) is 13.3. The summed E-state index contributed by atoms with van der Waals surface area (Å²) >= 11 is 1.89. The van der Waals surface area contributed by atoms with Crippen LogP contribution in [0.4, 0.5) is 16.4 Å². The molecule has 3 heterocycles. The van der Waals surface area contributed by atoms with Crippen molar-refractivity contribution in [3.05, 3.63) is 75.1 Å². The molecule has 0 atom stereocenters. The predicted molar refractivity (Wildman–Crippen MR) is 164 cm³/mol. The van der Waals surface area contributed by atoms with Crippen LogP contribution < -0.4 is 32.2 Å². The Kier molecular flexibility index (Phi) is 8.71. The fourth-order valence-electron chi connectivity index (χ4n) is 4.77. The minimum Gasteiger partial charge on any atom is -0.489 e. The van der Waals surface area contributed by atoms with Crippen molar-refractivity contribution in [3.8, 4) is 5.75 Å². The van der Waals surface area contributed by atoms with Gasteiger partial charge in [0, 0.05) is 26.2 Å². The zero-order valence-corrected chi connectivity index (χ0v) is 24.6. The molecule has 5 rings (SSSR count). The van der Waals surface area contributed by atoms with E-state index in [4.69, 9.17) is 16.2 Å². The van der Waals surface area contributed by atoms with E-state index >= 15 is 0 Å². The number of nitrogen functional groups attached to an aromatic ring is 2. The number of halogens is 1. The second-order valence-corrected chi connectivity index (χ2v) is 11.1. The molecule has 2 saturated heterocycles. The number of nitrogens with two attached hydrogens (primary N) is 2. The van der Waals surface area contributed by atoms with E-state index in [-0.39, 0.29) is 28.9 Å². The number of likely N-dealkylation sites (tertiary alicyclic amines) is 1. The van der Waals surface area contributed by atoms with Crippen molar-refractivity contribution in [2.24, 2.45) is 4.99 Å². The molecule has 41 heavy (non-hydrogen) atoms. The van der Waals surface area contributed by atoms with Crippen molar-refractivity contribution >= 4 is 52.1 Å². The van der Waals surface area contributed by atoms with Gasteiger partial charge < -0.3 is 37.1 Å². The Hall–Kier alpha value is -4.14. The molecule has 3 amide bonds. The molecule has 1 aromatic heterocycles. The molecular weight excluding hydrogens is 637 g/mol. The zero-order chi connectivity index (χ0) is 28.8. The Bertz CT molecular complexity index is 1430. The van der Waals surface area contributed by atoms with Crippen LogP contribution in [-0.4, -0.2) is 64.5 Å². The van der Waals surface area contributed by atoms with Crippen LogP contribution in [0.5, 0.6) is 5.75 Å². The minimum atomic E-state index is -0.605. The Labute approximate surface area is 251 Å². The number of hydrogen-bond donors (Lipinski definition) is 5. The van der Waals surface area contributed by atoms with E-state index in [1.54, 1.807) is 0 Å². The standard InChI is InChI=1S/C28H32IN9O3/c29-22-24(31)35-23(30)21(34-22)25(39)36-26-33-17-28(37-26)11-14-38(15-12-28)27(40)32-13-10-18-6-8-20(9-7-18)41-16-19-4-2-1-3-5-19/h1-9H,10-17H2,(H,32,40)(H4,30,31,35)(H2,33,36,37,39). The van der Waals surface area contributed by atoms with E-state index in [1.165, 1.54) is 0 Å². The summed E-state index contributed by atoms with van der Waals surface area (Å²) in [7, 11) is 0. The topological polar surface area (TPSA) is 173 Å². The summed E-state index contributed by atoms with van der Waals surface area (Å²) in [6, 6.07) is 17.9. The molecule has 7 N–H and O–H groups in total. The molecular formula is C28H32IN9O3. The Morgan fingerprint density at radius 2 is 1.76 bits per heavy atom. The maximum absolute atomic E-state index is 12.8. The second kappa shape index (κ2) is 12.6. The lowest BCUT2D eigenvalue weighted by Gasteiger charge is -2.38. The highest BCUT2D eigenvalue weighted by Gasteiger charge is 2.40. The number of carbonyl (C=O) groups excluding carboxylic acids is 2. The third-order valence-corrected chi connectivity index (χ3v) is 7.96. The maximum Gasteiger partial charge on any atom is 0.317 e. The highest BCUT2D eigenvalue weighted by atomic mass is 127. The van der Waals surface area contributed by atoms with Gasteiger partial charge in [-0.15, -0.1) is 0 Å². The molecule has 2 fully saturated rings. The molecule has 2 aliphatic rings. The van der Waals surface area contributed by atoms with Gasteiger partial charge >= 0.3 is 11.9 Å². The number of benzene rings is 2. The summed E-state index contributed by atoms with van der Waals surface area (Å²) in [4.78, 5) is 39.4. The second-order valence-electron chi connectivity index (χ2n) is 10.0. The molecule has 0 saturated carbocycles. The molecule has 2 aliphatic heterocycles. The number of nitrogens with zero attached hydrogens (tertiary/aromatic N) is 4. The summed E-state index contributed by atoms with van der Waals surface area (Å²) in [5, 5.41) is 9.51. The van der Waals surface area contributed by atoms with Crippen LogP contribution in [0.15, 0.2) is 59.6 Å². The van der Waals surface area contributed by atoms with Gasteiger partial charge in [-0.1, -0.05) is 42.5 Å². The number of aromatic nitrogens is 2. The smallest absolute Gasteiger partial charge is 0.317 e. The van der Waals surface area contributed by atoms with Crippen LogP contribution >= 0.6 is 22.6 Å². The van der Waals surface area contributed by atoms with Gasteiger partial charge in [0.05, 0.1) is 5.54 Å². The van der Waals surface area contributed by atoms with Crippen molar-refractivity contribution in [1.29, 1.82) is 0 Å². The van der Waals surface area contributed by atoms with Gasteiger partial charge in [-0.25, -0.2) is 14.8 Å². The van der Waals surface area contributed by atoms with Gasteiger partial charge in [0.25, 0.3) is 0 Å². The number of nitrogens with one attached hydrogen (secondary N) is 3. The average Bonchev–Trinajstić information content (AvgIpc) is 3.36. The molecule has 12 nitrogen and oxygen atoms in total. The van der Waals surface area contributed by atoms with Crippen molar-refractivity contribution in [2.75, 3.05) is 37.6 Å². The number of ether oxygens (including phenoxy) is 1. The van der Waals surface area contributed by atoms with E-state index in [1.807, 2.05) is 82.1 Å². The van der Waals surface area contributed by atoms with Gasteiger partial charge in [-0.05, 0) is 65.1 Å². The van der Waals surface area contributed by atoms with E-state index < -0.39 is 5.91 Å². The van der Waals surface area contributed by atoms with Crippen LogP contribution in [0.3, 0.4) is 0 Å². The summed E-state index contributed by atoms with van der Waals surface area (Å²) in [5.74, 6) is 0.671. The Morgan fingerprint density at radius 1 is 1.02 bits per heavy atom. The normalized spacial score (nSPS) is 16.7. The SMILES string of the molecule is Nc1nc(N)c(C(=O)/N=C2\NCC3(CCN(C(=O)NCCc4ccc(OCc5ccccc5)cc4)CC3)N2)nc1I. The highest BCUT2D eigenvalue weighted by Crippen LogP contribution is 2.25. The number of carbonyl (C=O) groups is 2. The third-order valence-electron chi connectivity index (χ3n) is 7.17. The Morgan fingerprint density at radius 3 is 2.49 bits per heavy atom. The lowest BCUT2D eigenvalue weighted by atomic mass is 9.89. The number of guanidine groups is 1. The average molecular weight is 670 g/mol. The van der Waals surface area contributed by atoms with Crippen LogP contribution in [0, 0.1) is 3.70 Å². The molecule has 13 heteroatoms. The van der Waals surface area contributed by atoms with Crippen LogP contribution in [0.1, 0.15) is 34.5 Å². The quantitative estimate of drug-likeness (QED) is 0.237. The highest BCUT2D eigenvalue weighted by molar-refractivity contribution is 14.1. The zero-order valence-electron chi connectivity index (χ0n) is 22.4. The number of hydrogen-bond acceptors (Lipinski definition) is 7. The molecule has 0 unspecified atom stereocenters. The van der Waals surface area contributed by atoms with Gasteiger partial charge in [0.15, 0.2) is 23.3 Å². The van der Waals surface area contributed by atoms with Crippen LogP contribution in [0.25, 0.3) is 0 Å². The molecule has 214 valence electrons. The van der Waals surface area contributed by atoms with Crippen molar-refractivity contribution in [3.63, 3.8) is 0 Å². The largest absolute Gasteiger partial charge is 0.489 e. The molecule has 1 spiro atoms. The van der Waals surface area contributed by atoms with Gasteiger partial charge in [0.1, 0.15) is 16.1 Å². The lowest BCUT2D eigenvalue weighted by Crippen LogP contribution is -2.55. The van der Waals surface area contributed by atoms with Gasteiger partial charge in [-0.2, -0.15) is 4.99 Å². The predicted octanol–water partition coefficient (Wildman–Crippen LogP) is 2.30. The Balaban J connectivity index is 1.04. The summed E-state index contributed by atoms with van der Waals surface area (Å²) < 4.78 is 6.23. The number of aliphatic imine (C=N–C) groups is 1. The molecule has 0 aliphatic carbocycles. The van der Waals surface area contributed by atoms with Crippen LogP contribution in [0.2, 0.25) is 0 Å².